The molecule has 2 rings (SSSR count). The molecule has 0 aliphatic carbocycles. The van der Waals surface area contributed by atoms with Crippen molar-refractivity contribution < 1.29 is 27.8 Å². The summed E-state index contributed by atoms with van der Waals surface area (Å²) in [5.74, 6) is -2.02. The van der Waals surface area contributed by atoms with Crippen molar-refractivity contribution in [2.24, 2.45) is 0 Å². The number of unbranched alkanes of at least 4 members (excludes halogenated alkanes) is 1. The van der Waals surface area contributed by atoms with Crippen molar-refractivity contribution in [3.63, 3.8) is 0 Å². The van der Waals surface area contributed by atoms with Crippen molar-refractivity contribution in [2.75, 3.05) is 26.3 Å². The van der Waals surface area contributed by atoms with E-state index in [-0.39, 0.29) is 30.8 Å². The molecule has 2 N–H and O–H groups in total. The Balaban J connectivity index is 1.49. The predicted molar refractivity (Wildman–Crippen MR) is 104 cm³/mol. The van der Waals surface area contributed by atoms with Crippen LogP contribution in [0.3, 0.4) is 0 Å². The summed E-state index contributed by atoms with van der Waals surface area (Å²) in [6, 6.07) is 9.74. The van der Waals surface area contributed by atoms with Gasteiger partial charge in [0.05, 0.1) is 0 Å². The van der Waals surface area contributed by atoms with Gasteiger partial charge in [-0.2, -0.15) is 0 Å². The van der Waals surface area contributed by atoms with Gasteiger partial charge >= 0.3 is 0 Å². The molecule has 0 fully saturated rings. The average molecular weight is 427 g/mol. The third kappa shape index (κ3) is 8.78. The first-order valence-corrected chi connectivity index (χ1v) is 9.31. The van der Waals surface area contributed by atoms with Crippen molar-refractivity contribution in [1.82, 2.24) is 10.6 Å². The third-order valence-electron chi connectivity index (χ3n) is 3.69. The van der Waals surface area contributed by atoms with E-state index in [1.165, 1.54) is 6.07 Å². The van der Waals surface area contributed by atoms with Crippen LogP contribution < -0.4 is 20.1 Å². The molecule has 0 saturated carbocycles. The Kier molecular flexibility index (Phi) is 9.17. The van der Waals surface area contributed by atoms with Crippen molar-refractivity contribution >= 4 is 23.4 Å². The largest absolute Gasteiger partial charge is 0.484 e. The van der Waals surface area contributed by atoms with E-state index in [2.05, 4.69) is 10.6 Å². The third-order valence-corrected chi connectivity index (χ3v) is 3.94. The molecule has 29 heavy (non-hydrogen) atoms. The fraction of sp³-hybridized carbons (Fsp3) is 0.300. The van der Waals surface area contributed by atoms with Crippen molar-refractivity contribution in [3.05, 3.63) is 59.1 Å². The first-order chi connectivity index (χ1) is 13.9. The van der Waals surface area contributed by atoms with E-state index < -0.39 is 11.6 Å². The molecule has 0 bridgehead atoms. The quantitative estimate of drug-likeness (QED) is 0.541. The maximum atomic E-state index is 13.0. The number of benzene rings is 2. The first kappa shape index (κ1) is 22.4. The highest BCUT2D eigenvalue weighted by atomic mass is 35.5. The normalized spacial score (nSPS) is 10.3. The van der Waals surface area contributed by atoms with Gasteiger partial charge in [-0.25, -0.2) is 8.78 Å². The topological polar surface area (TPSA) is 76.7 Å². The molecule has 0 aromatic heterocycles. The average Bonchev–Trinajstić information content (AvgIpc) is 2.71. The fourth-order valence-corrected chi connectivity index (χ4v) is 2.33. The lowest BCUT2D eigenvalue weighted by molar-refractivity contribution is -0.124. The molecule has 2 aromatic rings. The molecule has 6 nitrogen and oxygen atoms in total. The number of carbonyl (C=O) groups is 2. The van der Waals surface area contributed by atoms with Gasteiger partial charge < -0.3 is 20.1 Å². The molecule has 0 heterocycles. The summed E-state index contributed by atoms with van der Waals surface area (Å²) in [6.07, 6.45) is 1.31. The van der Waals surface area contributed by atoms with Crippen LogP contribution in [0, 0.1) is 11.6 Å². The van der Waals surface area contributed by atoms with E-state index >= 15 is 0 Å². The summed E-state index contributed by atoms with van der Waals surface area (Å²) in [5.41, 5.74) is 0. The highest BCUT2D eigenvalue weighted by Gasteiger charge is 2.06. The number of amides is 2. The van der Waals surface area contributed by atoms with Gasteiger partial charge in [-0.05, 0) is 49.2 Å². The lowest BCUT2D eigenvalue weighted by atomic mass is 10.3. The molecule has 0 aliphatic heterocycles. The van der Waals surface area contributed by atoms with Gasteiger partial charge in [-0.15, -0.1) is 0 Å². The van der Waals surface area contributed by atoms with Crippen LogP contribution in [0.15, 0.2) is 42.5 Å². The number of nitrogens with one attached hydrogen (secondary N) is 2. The molecule has 0 aliphatic rings. The molecule has 156 valence electrons. The number of hydrogen-bond donors (Lipinski definition) is 2. The van der Waals surface area contributed by atoms with E-state index in [1.807, 2.05) is 0 Å². The lowest BCUT2D eigenvalue weighted by Gasteiger charge is -2.09. The smallest absolute Gasteiger partial charge is 0.257 e. The first-order valence-electron chi connectivity index (χ1n) is 8.93. The van der Waals surface area contributed by atoms with Gasteiger partial charge in [0.2, 0.25) is 0 Å². The molecule has 2 aromatic carbocycles. The second kappa shape index (κ2) is 11.9. The van der Waals surface area contributed by atoms with Gasteiger partial charge in [-0.1, -0.05) is 11.6 Å². The van der Waals surface area contributed by atoms with Gasteiger partial charge in [0.1, 0.15) is 11.5 Å². The summed E-state index contributed by atoms with van der Waals surface area (Å²) >= 11 is 5.77. The number of rotatable bonds is 11. The van der Waals surface area contributed by atoms with Crippen LogP contribution in [-0.2, 0) is 9.59 Å². The minimum atomic E-state index is -1.04. The van der Waals surface area contributed by atoms with Crippen LogP contribution in [0.5, 0.6) is 11.5 Å². The molecular weight excluding hydrogens is 406 g/mol. The van der Waals surface area contributed by atoms with E-state index in [1.54, 1.807) is 24.3 Å². The highest BCUT2D eigenvalue weighted by molar-refractivity contribution is 6.30. The van der Waals surface area contributed by atoms with Gasteiger partial charge in [0, 0.05) is 24.2 Å². The van der Waals surface area contributed by atoms with Crippen molar-refractivity contribution in [1.29, 1.82) is 0 Å². The second-order valence-electron chi connectivity index (χ2n) is 6.01. The van der Waals surface area contributed by atoms with Crippen LogP contribution in [0.2, 0.25) is 5.02 Å². The van der Waals surface area contributed by atoms with Gasteiger partial charge in [-0.3, -0.25) is 9.59 Å². The number of carbonyl (C=O) groups excluding carboxylic acids is 2. The van der Waals surface area contributed by atoms with Crippen LogP contribution >= 0.6 is 11.6 Å². The number of hydrogen-bond acceptors (Lipinski definition) is 4. The Labute approximate surface area is 172 Å². The van der Waals surface area contributed by atoms with E-state index in [4.69, 9.17) is 21.1 Å². The Morgan fingerprint density at radius 3 is 1.86 bits per heavy atom. The van der Waals surface area contributed by atoms with E-state index in [0.717, 1.165) is 12.1 Å². The maximum absolute atomic E-state index is 13.0. The van der Waals surface area contributed by atoms with Crippen LogP contribution in [0.25, 0.3) is 0 Å². The highest BCUT2D eigenvalue weighted by Crippen LogP contribution is 2.16. The second-order valence-corrected chi connectivity index (χ2v) is 6.45. The molecule has 0 spiro atoms. The fourth-order valence-electron chi connectivity index (χ4n) is 2.20. The summed E-state index contributed by atoms with van der Waals surface area (Å²) in [7, 11) is 0. The summed E-state index contributed by atoms with van der Waals surface area (Å²) in [6.45, 7) is 0.449. The zero-order valence-electron chi connectivity index (χ0n) is 15.6. The van der Waals surface area contributed by atoms with E-state index in [0.29, 0.717) is 36.7 Å². The molecule has 0 unspecified atom stereocenters. The summed E-state index contributed by atoms with van der Waals surface area (Å²) in [4.78, 5) is 23.3. The van der Waals surface area contributed by atoms with Crippen LogP contribution in [0.4, 0.5) is 8.78 Å². The van der Waals surface area contributed by atoms with Crippen molar-refractivity contribution in [3.8, 4) is 11.5 Å². The van der Waals surface area contributed by atoms with Crippen LogP contribution in [0.1, 0.15) is 12.8 Å². The molecule has 0 atom stereocenters. The Bertz CT molecular complexity index is 819. The Morgan fingerprint density at radius 2 is 1.31 bits per heavy atom. The minimum absolute atomic E-state index is 0.0718. The summed E-state index contributed by atoms with van der Waals surface area (Å²) in [5, 5.41) is 5.94. The standard InChI is InChI=1S/C20H21ClF2N2O4/c21-14-3-5-15(6-4-14)28-12-19(26)24-9-1-2-10-25-20(27)13-29-16-7-8-17(22)18(23)11-16/h3-8,11H,1-2,9-10,12-13H2,(H,24,26)(H,25,27). The summed E-state index contributed by atoms with van der Waals surface area (Å²) < 4.78 is 36.2. The predicted octanol–water partition coefficient (Wildman–Crippen LogP) is 3.09. The number of halogens is 3. The molecule has 0 radical (unpaired) electrons. The molecule has 0 saturated heterocycles. The van der Waals surface area contributed by atoms with Gasteiger partial charge in [0.25, 0.3) is 11.8 Å². The zero-order valence-corrected chi connectivity index (χ0v) is 16.3. The zero-order chi connectivity index (χ0) is 21.1. The number of ether oxygens (including phenoxy) is 2. The van der Waals surface area contributed by atoms with Gasteiger partial charge in [0.15, 0.2) is 24.8 Å². The minimum Gasteiger partial charge on any atom is -0.484 e. The van der Waals surface area contributed by atoms with E-state index in [9.17, 15) is 18.4 Å². The molecule has 9 heteroatoms. The monoisotopic (exact) mass is 426 g/mol. The molecule has 2 amide bonds. The SMILES string of the molecule is O=C(COc1ccc(Cl)cc1)NCCCCNC(=O)COc1ccc(F)c(F)c1. The maximum Gasteiger partial charge on any atom is 0.257 e. The lowest BCUT2D eigenvalue weighted by Crippen LogP contribution is -2.32. The van der Waals surface area contributed by atoms with Crippen LogP contribution in [-0.4, -0.2) is 38.1 Å². The Morgan fingerprint density at radius 1 is 0.793 bits per heavy atom. The molecular formula is C20H21ClF2N2O4. The van der Waals surface area contributed by atoms with Crippen molar-refractivity contribution in [2.45, 2.75) is 12.8 Å². The Hall–Kier alpha value is -2.87.